The smallest absolute Gasteiger partial charge is 0.232 e. The predicted octanol–water partition coefficient (Wildman–Crippen LogP) is 3.30. The third kappa shape index (κ3) is 4.56. The first-order valence-corrected chi connectivity index (χ1v) is 8.18. The van der Waals surface area contributed by atoms with Crippen molar-refractivity contribution in [3.05, 3.63) is 23.8 Å². The molecule has 0 spiro atoms. The fourth-order valence-corrected chi connectivity index (χ4v) is 2.74. The minimum absolute atomic E-state index is 0.105. The molecule has 0 unspecified atom stereocenters. The Labute approximate surface area is 130 Å². The summed E-state index contributed by atoms with van der Waals surface area (Å²) in [5, 5.41) is 0. The van der Waals surface area contributed by atoms with Crippen LogP contribution in [0, 0.1) is 0 Å². The van der Waals surface area contributed by atoms with E-state index in [2.05, 4.69) is 20.8 Å². The largest absolute Gasteiger partial charge is 0.454 e. The van der Waals surface area contributed by atoms with E-state index in [0.717, 1.165) is 17.1 Å². The minimum Gasteiger partial charge on any atom is -0.454 e. The molecule has 5 heteroatoms. The summed E-state index contributed by atoms with van der Waals surface area (Å²) in [6.45, 7) is 9.97. The number of hydrogen-bond acceptors (Lipinski definition) is 4. The van der Waals surface area contributed by atoms with E-state index in [4.69, 9.17) is 9.47 Å². The van der Waals surface area contributed by atoms with Crippen molar-refractivity contribution >= 4 is 17.7 Å². The topological polar surface area (TPSA) is 38.8 Å². The molecule has 2 rings (SSSR count). The lowest BCUT2D eigenvalue weighted by Crippen LogP contribution is -2.32. The molecule has 4 nitrogen and oxygen atoms in total. The highest BCUT2D eigenvalue weighted by Gasteiger charge is 2.19. The van der Waals surface area contributed by atoms with Gasteiger partial charge >= 0.3 is 0 Å². The summed E-state index contributed by atoms with van der Waals surface area (Å²) < 4.78 is 10.8. The normalized spacial score (nSPS) is 13.3. The third-order valence-electron chi connectivity index (χ3n) is 3.17. The Hall–Kier alpha value is -1.36. The van der Waals surface area contributed by atoms with Crippen molar-refractivity contribution in [3.8, 4) is 11.5 Å². The van der Waals surface area contributed by atoms with Gasteiger partial charge in [-0.25, -0.2) is 0 Å². The van der Waals surface area contributed by atoms with Gasteiger partial charge in [-0.15, -0.1) is 11.8 Å². The van der Waals surface area contributed by atoms with Crippen molar-refractivity contribution < 1.29 is 14.3 Å². The van der Waals surface area contributed by atoms with Crippen LogP contribution < -0.4 is 9.47 Å². The molecular formula is C16H23NO3S. The monoisotopic (exact) mass is 309 g/mol. The van der Waals surface area contributed by atoms with Crippen molar-refractivity contribution in [2.24, 2.45) is 0 Å². The van der Waals surface area contributed by atoms with Gasteiger partial charge in [0.2, 0.25) is 12.7 Å². The van der Waals surface area contributed by atoms with E-state index in [9.17, 15) is 4.79 Å². The van der Waals surface area contributed by atoms with Crippen LogP contribution in [0.3, 0.4) is 0 Å². The maximum Gasteiger partial charge on any atom is 0.232 e. The average molecular weight is 309 g/mol. The summed E-state index contributed by atoms with van der Waals surface area (Å²) in [6, 6.07) is 5.84. The Balaban J connectivity index is 1.97. The van der Waals surface area contributed by atoms with Gasteiger partial charge < -0.3 is 14.4 Å². The van der Waals surface area contributed by atoms with Gasteiger partial charge in [0.25, 0.3) is 0 Å². The molecule has 0 atom stereocenters. The number of rotatable bonds is 5. The summed E-state index contributed by atoms with van der Waals surface area (Å²) >= 11 is 1.68. The van der Waals surface area contributed by atoms with Crippen molar-refractivity contribution in [2.45, 2.75) is 39.0 Å². The fourth-order valence-electron chi connectivity index (χ4n) is 2.01. The summed E-state index contributed by atoms with van der Waals surface area (Å²) in [7, 11) is 0. The highest BCUT2D eigenvalue weighted by molar-refractivity contribution is 8.01. The van der Waals surface area contributed by atoms with E-state index >= 15 is 0 Å². The first kappa shape index (κ1) is 16.0. The molecule has 1 aliphatic heterocycles. The van der Waals surface area contributed by atoms with Gasteiger partial charge in [0.1, 0.15) is 0 Å². The third-order valence-corrected chi connectivity index (χ3v) is 4.43. The van der Waals surface area contributed by atoms with E-state index in [1.807, 2.05) is 30.0 Å². The van der Waals surface area contributed by atoms with Crippen LogP contribution in [0.2, 0.25) is 0 Å². The number of benzene rings is 1. The molecule has 0 aliphatic carbocycles. The number of ether oxygens (including phenoxy) is 2. The van der Waals surface area contributed by atoms with Crippen LogP contribution in [0.5, 0.6) is 11.5 Å². The van der Waals surface area contributed by atoms with Crippen molar-refractivity contribution in [1.29, 1.82) is 0 Å². The first-order chi connectivity index (χ1) is 9.89. The van der Waals surface area contributed by atoms with Crippen LogP contribution in [-0.4, -0.2) is 34.6 Å². The van der Waals surface area contributed by atoms with Crippen LogP contribution in [0.1, 0.15) is 33.3 Å². The highest BCUT2D eigenvalue weighted by atomic mass is 32.2. The molecule has 0 radical (unpaired) electrons. The molecule has 1 heterocycles. The van der Waals surface area contributed by atoms with E-state index in [0.29, 0.717) is 18.8 Å². The van der Waals surface area contributed by atoms with Gasteiger partial charge in [0.15, 0.2) is 11.5 Å². The zero-order chi connectivity index (χ0) is 15.5. The van der Waals surface area contributed by atoms with Crippen molar-refractivity contribution in [1.82, 2.24) is 4.90 Å². The Bertz CT molecular complexity index is 511. The standard InChI is InChI=1S/C16H23NO3S/c1-5-17(15(18)10-21-16(2,3)4)9-12-6-7-13-14(8-12)20-11-19-13/h6-8H,5,9-11H2,1-4H3. The van der Waals surface area contributed by atoms with Crippen LogP contribution >= 0.6 is 11.8 Å². The molecule has 116 valence electrons. The van der Waals surface area contributed by atoms with Gasteiger partial charge in [-0.1, -0.05) is 26.8 Å². The number of thioether (sulfide) groups is 1. The summed E-state index contributed by atoms with van der Waals surface area (Å²) in [5.41, 5.74) is 1.07. The molecule has 21 heavy (non-hydrogen) atoms. The van der Waals surface area contributed by atoms with Gasteiger partial charge in [-0.05, 0) is 24.6 Å². The Kier molecular flexibility index (Phi) is 5.04. The Morgan fingerprint density at radius 2 is 2.00 bits per heavy atom. The SMILES string of the molecule is CCN(Cc1ccc2c(c1)OCO2)C(=O)CSC(C)(C)C. The van der Waals surface area contributed by atoms with Gasteiger partial charge in [0, 0.05) is 17.8 Å². The van der Waals surface area contributed by atoms with E-state index in [-0.39, 0.29) is 17.4 Å². The maximum absolute atomic E-state index is 12.3. The number of nitrogens with zero attached hydrogens (tertiary/aromatic N) is 1. The maximum atomic E-state index is 12.3. The molecule has 0 saturated heterocycles. The summed E-state index contributed by atoms with van der Waals surface area (Å²) in [4.78, 5) is 14.2. The Morgan fingerprint density at radius 3 is 2.67 bits per heavy atom. The van der Waals surface area contributed by atoms with Crippen LogP contribution in [-0.2, 0) is 11.3 Å². The van der Waals surface area contributed by atoms with E-state index in [1.54, 1.807) is 11.8 Å². The number of carbonyl (C=O) groups is 1. The second-order valence-corrected chi connectivity index (χ2v) is 7.80. The molecule has 1 aliphatic rings. The first-order valence-electron chi connectivity index (χ1n) is 7.19. The quantitative estimate of drug-likeness (QED) is 0.836. The number of amides is 1. The van der Waals surface area contributed by atoms with Crippen molar-refractivity contribution in [2.75, 3.05) is 19.1 Å². The van der Waals surface area contributed by atoms with Gasteiger partial charge in [-0.3, -0.25) is 4.79 Å². The highest BCUT2D eigenvalue weighted by Crippen LogP contribution is 2.33. The number of hydrogen-bond donors (Lipinski definition) is 0. The Morgan fingerprint density at radius 1 is 1.29 bits per heavy atom. The minimum atomic E-state index is 0.105. The van der Waals surface area contributed by atoms with Crippen LogP contribution in [0.15, 0.2) is 18.2 Å². The predicted molar refractivity (Wildman–Crippen MR) is 85.9 cm³/mol. The number of fused-ring (bicyclic) bond motifs is 1. The summed E-state index contributed by atoms with van der Waals surface area (Å²) in [5.74, 6) is 2.23. The zero-order valence-corrected chi connectivity index (χ0v) is 14.0. The molecular weight excluding hydrogens is 286 g/mol. The molecule has 0 bridgehead atoms. The molecule has 0 aromatic heterocycles. The molecule has 1 aromatic rings. The van der Waals surface area contributed by atoms with Gasteiger partial charge in [0.05, 0.1) is 5.75 Å². The second kappa shape index (κ2) is 6.60. The molecule has 0 N–H and O–H groups in total. The fraction of sp³-hybridized carbons (Fsp3) is 0.562. The molecule has 0 fully saturated rings. The van der Waals surface area contributed by atoms with Gasteiger partial charge in [-0.2, -0.15) is 0 Å². The van der Waals surface area contributed by atoms with Crippen molar-refractivity contribution in [3.63, 3.8) is 0 Å². The van der Waals surface area contributed by atoms with Crippen LogP contribution in [0.25, 0.3) is 0 Å². The number of carbonyl (C=O) groups excluding carboxylic acids is 1. The summed E-state index contributed by atoms with van der Waals surface area (Å²) in [6.07, 6.45) is 0. The molecule has 0 saturated carbocycles. The lowest BCUT2D eigenvalue weighted by atomic mass is 10.2. The molecule has 1 amide bonds. The lowest BCUT2D eigenvalue weighted by molar-refractivity contribution is -0.128. The van der Waals surface area contributed by atoms with Crippen LogP contribution in [0.4, 0.5) is 0 Å². The molecule has 1 aromatic carbocycles. The second-order valence-electron chi connectivity index (χ2n) is 6.00. The lowest BCUT2D eigenvalue weighted by Gasteiger charge is -2.23. The van der Waals surface area contributed by atoms with E-state index in [1.165, 1.54) is 0 Å². The average Bonchev–Trinajstić information content (AvgIpc) is 2.88. The zero-order valence-electron chi connectivity index (χ0n) is 13.1. The van der Waals surface area contributed by atoms with E-state index < -0.39 is 0 Å².